The van der Waals surface area contributed by atoms with Gasteiger partial charge in [0.25, 0.3) is 0 Å². The molecule has 1 aromatic heterocycles. The predicted octanol–water partition coefficient (Wildman–Crippen LogP) is 3.16. The SMILES string of the molecule is COc1ccc2c3c([nH]c2c1)[C@H](CO)N(Cc1ccccc1F)CC31CCN(S(C)(=O)=O)CC1. The fourth-order valence-electron chi connectivity index (χ4n) is 5.78. The van der Waals surface area contributed by atoms with Crippen molar-refractivity contribution in [2.24, 2.45) is 0 Å². The number of nitrogens with zero attached hydrogens (tertiary/aromatic N) is 2. The fraction of sp³-hybridized carbons (Fsp3) is 0.440. The van der Waals surface area contributed by atoms with Crippen LogP contribution in [0.3, 0.4) is 0 Å². The number of fused-ring (bicyclic) bond motifs is 4. The highest BCUT2D eigenvalue weighted by molar-refractivity contribution is 7.88. The second-order valence-electron chi connectivity index (χ2n) is 9.46. The van der Waals surface area contributed by atoms with Crippen LogP contribution in [0.1, 0.15) is 35.7 Å². The van der Waals surface area contributed by atoms with E-state index in [-0.39, 0.29) is 23.9 Å². The van der Waals surface area contributed by atoms with Gasteiger partial charge >= 0.3 is 0 Å². The first-order chi connectivity index (χ1) is 16.3. The summed E-state index contributed by atoms with van der Waals surface area (Å²) in [4.78, 5) is 5.66. The van der Waals surface area contributed by atoms with Gasteiger partial charge in [0.2, 0.25) is 10.0 Å². The Morgan fingerprint density at radius 2 is 1.94 bits per heavy atom. The maximum Gasteiger partial charge on any atom is 0.211 e. The van der Waals surface area contributed by atoms with Gasteiger partial charge in [0.1, 0.15) is 11.6 Å². The molecule has 0 saturated carbocycles. The topological polar surface area (TPSA) is 85.9 Å². The lowest BCUT2D eigenvalue weighted by atomic mass is 9.68. The smallest absolute Gasteiger partial charge is 0.211 e. The van der Waals surface area contributed by atoms with Crippen molar-refractivity contribution in [3.05, 3.63) is 65.1 Å². The summed E-state index contributed by atoms with van der Waals surface area (Å²) in [5, 5.41) is 11.5. The molecule has 1 fully saturated rings. The van der Waals surface area contributed by atoms with Crippen molar-refractivity contribution in [2.75, 3.05) is 39.6 Å². The van der Waals surface area contributed by atoms with Crippen LogP contribution >= 0.6 is 0 Å². The number of aromatic amines is 1. The minimum absolute atomic E-state index is 0.114. The second-order valence-corrected chi connectivity index (χ2v) is 11.4. The summed E-state index contributed by atoms with van der Waals surface area (Å²) in [6, 6.07) is 12.3. The molecule has 9 heteroatoms. The van der Waals surface area contributed by atoms with E-state index in [9.17, 15) is 17.9 Å². The molecule has 0 amide bonds. The molecule has 0 bridgehead atoms. The summed E-state index contributed by atoms with van der Waals surface area (Å²) >= 11 is 0. The summed E-state index contributed by atoms with van der Waals surface area (Å²) in [6.45, 7) is 1.71. The lowest BCUT2D eigenvalue weighted by Crippen LogP contribution is -2.54. The van der Waals surface area contributed by atoms with E-state index in [1.807, 2.05) is 24.3 Å². The summed E-state index contributed by atoms with van der Waals surface area (Å²) < 4.78 is 45.9. The number of nitrogens with one attached hydrogen (secondary N) is 1. The summed E-state index contributed by atoms with van der Waals surface area (Å²) in [6.07, 6.45) is 2.55. The quantitative estimate of drug-likeness (QED) is 0.578. The van der Waals surface area contributed by atoms with Crippen molar-refractivity contribution < 1.29 is 22.7 Å². The van der Waals surface area contributed by atoms with Crippen molar-refractivity contribution in [3.8, 4) is 5.75 Å². The van der Waals surface area contributed by atoms with E-state index in [0.29, 0.717) is 44.6 Å². The molecule has 3 aromatic rings. The number of ether oxygens (including phenoxy) is 1. The maximum absolute atomic E-state index is 14.6. The fourth-order valence-corrected chi connectivity index (χ4v) is 6.62. The first-order valence-electron chi connectivity index (χ1n) is 11.5. The van der Waals surface area contributed by atoms with Crippen molar-refractivity contribution in [1.82, 2.24) is 14.2 Å². The van der Waals surface area contributed by atoms with Crippen molar-refractivity contribution in [3.63, 3.8) is 0 Å². The first kappa shape index (κ1) is 23.3. The van der Waals surface area contributed by atoms with E-state index < -0.39 is 10.0 Å². The molecule has 0 radical (unpaired) electrons. The molecule has 34 heavy (non-hydrogen) atoms. The average molecular weight is 488 g/mol. The molecular formula is C25H30FN3O4S. The number of halogens is 1. The van der Waals surface area contributed by atoms with E-state index in [4.69, 9.17) is 4.74 Å². The number of hydrogen-bond donors (Lipinski definition) is 2. The van der Waals surface area contributed by atoms with E-state index in [1.165, 1.54) is 16.6 Å². The van der Waals surface area contributed by atoms with Crippen LogP contribution in [-0.2, 0) is 22.0 Å². The Labute approximate surface area is 199 Å². The number of piperidine rings is 1. The molecular weight excluding hydrogens is 457 g/mol. The molecule has 7 nitrogen and oxygen atoms in total. The van der Waals surface area contributed by atoms with Crippen LogP contribution in [0, 0.1) is 5.82 Å². The number of hydrogen-bond acceptors (Lipinski definition) is 5. The minimum atomic E-state index is -3.27. The van der Waals surface area contributed by atoms with Gasteiger partial charge in [-0.3, -0.25) is 4.90 Å². The minimum Gasteiger partial charge on any atom is -0.497 e. The number of benzene rings is 2. The predicted molar refractivity (Wildman–Crippen MR) is 129 cm³/mol. The zero-order valence-electron chi connectivity index (χ0n) is 19.4. The number of methoxy groups -OCH3 is 1. The van der Waals surface area contributed by atoms with E-state index >= 15 is 0 Å². The van der Waals surface area contributed by atoms with E-state index in [0.717, 1.165) is 27.9 Å². The summed E-state index contributed by atoms with van der Waals surface area (Å²) in [5.74, 6) is 0.461. The molecule has 2 aliphatic rings. The molecule has 3 heterocycles. The number of sulfonamides is 1. The van der Waals surface area contributed by atoms with E-state index in [2.05, 4.69) is 9.88 Å². The highest BCUT2D eigenvalue weighted by Gasteiger charge is 2.48. The number of aliphatic hydroxyl groups excluding tert-OH is 1. The van der Waals surface area contributed by atoms with Crippen LogP contribution in [0.25, 0.3) is 10.9 Å². The number of rotatable bonds is 5. The van der Waals surface area contributed by atoms with Gasteiger partial charge in [-0.25, -0.2) is 17.1 Å². The van der Waals surface area contributed by atoms with E-state index in [1.54, 1.807) is 19.2 Å². The Morgan fingerprint density at radius 1 is 1.21 bits per heavy atom. The Hall–Kier alpha value is -2.46. The largest absolute Gasteiger partial charge is 0.497 e. The third-order valence-corrected chi connectivity index (χ3v) is 8.80. The molecule has 2 aromatic carbocycles. The van der Waals surface area contributed by atoms with Gasteiger partial charge in [0.05, 0.1) is 26.0 Å². The van der Waals surface area contributed by atoms with Crippen LogP contribution in [0.2, 0.25) is 0 Å². The van der Waals surface area contributed by atoms with Gasteiger partial charge in [0.15, 0.2) is 0 Å². The zero-order valence-corrected chi connectivity index (χ0v) is 20.2. The first-order valence-corrected chi connectivity index (χ1v) is 13.3. The standard InChI is InChI=1S/C25H30FN3O4S/c1-33-18-7-8-19-21(13-18)27-24-22(15-30)28(14-17-5-3-4-6-20(17)26)16-25(23(19)24)9-11-29(12-10-25)34(2,31)32/h3-8,13,22,27,30H,9-12,14-16H2,1-2H3/t22-/m0/s1. The lowest BCUT2D eigenvalue weighted by molar-refractivity contribution is 0.0528. The highest BCUT2D eigenvalue weighted by atomic mass is 32.2. The molecule has 0 unspecified atom stereocenters. The molecule has 2 N–H and O–H groups in total. The molecule has 0 aliphatic carbocycles. The molecule has 2 aliphatic heterocycles. The van der Waals surface area contributed by atoms with Gasteiger partial charge < -0.3 is 14.8 Å². The number of H-pyrrole nitrogens is 1. The molecule has 1 saturated heterocycles. The lowest BCUT2D eigenvalue weighted by Gasteiger charge is -2.50. The number of aromatic nitrogens is 1. The van der Waals surface area contributed by atoms with Gasteiger partial charge in [0, 0.05) is 59.8 Å². The third kappa shape index (κ3) is 3.90. The van der Waals surface area contributed by atoms with Gasteiger partial charge in [-0.05, 0) is 36.6 Å². The van der Waals surface area contributed by atoms with Gasteiger partial charge in [-0.15, -0.1) is 0 Å². The maximum atomic E-state index is 14.6. The Kier molecular flexibility index (Phi) is 5.92. The average Bonchev–Trinajstić information content (AvgIpc) is 3.20. The van der Waals surface area contributed by atoms with Gasteiger partial charge in [-0.1, -0.05) is 18.2 Å². The summed E-state index contributed by atoms with van der Waals surface area (Å²) in [5.41, 5.74) is 3.23. The van der Waals surface area contributed by atoms with Crippen LogP contribution < -0.4 is 4.74 Å². The Balaban J connectivity index is 1.63. The van der Waals surface area contributed by atoms with Crippen molar-refractivity contribution in [2.45, 2.75) is 30.8 Å². The molecule has 1 spiro atoms. The van der Waals surface area contributed by atoms with Crippen molar-refractivity contribution in [1.29, 1.82) is 0 Å². The number of aliphatic hydroxyl groups is 1. The second kappa shape index (κ2) is 8.64. The normalized spacial score (nSPS) is 21.1. The zero-order chi connectivity index (χ0) is 24.1. The van der Waals surface area contributed by atoms with Crippen molar-refractivity contribution >= 4 is 20.9 Å². The molecule has 182 valence electrons. The monoisotopic (exact) mass is 487 g/mol. The molecule has 1 atom stereocenters. The van der Waals surface area contributed by atoms with Crippen LogP contribution in [0.5, 0.6) is 5.75 Å². The van der Waals surface area contributed by atoms with Gasteiger partial charge in [-0.2, -0.15) is 0 Å². The van der Waals surface area contributed by atoms with Crippen LogP contribution in [0.15, 0.2) is 42.5 Å². The third-order valence-electron chi connectivity index (χ3n) is 7.50. The highest BCUT2D eigenvalue weighted by Crippen LogP contribution is 2.49. The summed E-state index contributed by atoms with van der Waals surface area (Å²) in [7, 11) is -1.65. The van der Waals surface area contributed by atoms with Crippen LogP contribution in [-0.4, -0.2) is 67.3 Å². The Morgan fingerprint density at radius 3 is 2.59 bits per heavy atom. The molecule has 5 rings (SSSR count). The Bertz CT molecular complexity index is 1310. The van der Waals surface area contributed by atoms with Crippen LogP contribution in [0.4, 0.5) is 4.39 Å².